The summed E-state index contributed by atoms with van der Waals surface area (Å²) in [6, 6.07) is 0. The molecule has 0 saturated heterocycles. The summed E-state index contributed by atoms with van der Waals surface area (Å²) in [5.74, 6) is -0.303. The predicted octanol–water partition coefficient (Wildman–Crippen LogP) is -0.547. The number of aliphatic hydroxyl groups excluding tert-OH is 1. The van der Waals surface area contributed by atoms with E-state index >= 15 is 0 Å². The Kier molecular flexibility index (Phi) is 4.85. The van der Waals surface area contributed by atoms with E-state index in [1.54, 1.807) is 6.92 Å². The first-order valence-electron chi connectivity index (χ1n) is 3.89. The van der Waals surface area contributed by atoms with Gasteiger partial charge in [0.15, 0.2) is 0 Å². The van der Waals surface area contributed by atoms with E-state index in [0.717, 1.165) is 0 Å². The predicted molar refractivity (Wildman–Crippen MR) is 47.2 cm³/mol. The number of hydrogen-bond donors (Lipinski definition) is 2. The molecule has 1 radical (unpaired) electrons. The summed E-state index contributed by atoms with van der Waals surface area (Å²) in [6.45, 7) is 5.72. The minimum absolute atomic E-state index is 0.128. The zero-order valence-electron chi connectivity index (χ0n) is 7.87. The summed E-state index contributed by atoms with van der Waals surface area (Å²) in [5, 5.41) is 11.1. The normalized spacial score (nSPS) is 15.8. The van der Waals surface area contributed by atoms with Gasteiger partial charge in [-0.2, -0.15) is 0 Å². The molecule has 2 unspecified atom stereocenters. The molecule has 2 N–H and O–H groups in total. The maximum Gasteiger partial charge on any atom is 0.226 e. The molecule has 0 rings (SSSR count). The first kappa shape index (κ1) is 11.4. The molecule has 0 aromatic heterocycles. The lowest BCUT2D eigenvalue weighted by molar-refractivity contribution is -0.127. The Morgan fingerprint density at radius 2 is 2.17 bits per heavy atom. The Morgan fingerprint density at radius 3 is 2.50 bits per heavy atom. The van der Waals surface area contributed by atoms with Crippen molar-refractivity contribution < 1.29 is 9.90 Å². The van der Waals surface area contributed by atoms with Crippen molar-refractivity contribution in [2.45, 2.75) is 13.2 Å². The van der Waals surface area contributed by atoms with E-state index in [0.29, 0.717) is 6.54 Å². The Bertz CT molecular complexity index is 146. The van der Waals surface area contributed by atoms with Gasteiger partial charge in [-0.15, -0.1) is 0 Å². The lowest BCUT2D eigenvalue weighted by Crippen LogP contribution is -2.39. The molecule has 0 aliphatic carbocycles. The molecule has 0 heterocycles. The number of nitrogens with zero attached hydrogens (tertiary/aromatic N) is 1. The van der Waals surface area contributed by atoms with Crippen molar-refractivity contribution in [1.82, 2.24) is 10.2 Å². The van der Waals surface area contributed by atoms with Crippen LogP contribution in [0.4, 0.5) is 0 Å². The first-order valence-corrected chi connectivity index (χ1v) is 3.89. The number of hydrogen-bond acceptors (Lipinski definition) is 3. The average Bonchev–Trinajstić information content (AvgIpc) is 1.84. The Hall–Kier alpha value is -0.610. The van der Waals surface area contributed by atoms with Gasteiger partial charge in [-0.3, -0.25) is 4.79 Å². The van der Waals surface area contributed by atoms with Crippen molar-refractivity contribution in [3.63, 3.8) is 0 Å². The summed E-state index contributed by atoms with van der Waals surface area (Å²) in [7, 11) is 3.79. The molecule has 71 valence electrons. The highest BCUT2D eigenvalue weighted by molar-refractivity contribution is 5.78. The third-order valence-corrected chi connectivity index (χ3v) is 1.40. The van der Waals surface area contributed by atoms with Crippen LogP contribution in [0.3, 0.4) is 0 Å². The van der Waals surface area contributed by atoms with Crippen LogP contribution in [0.25, 0.3) is 0 Å². The molecule has 4 nitrogen and oxygen atoms in total. The molecular formula is C8H17N2O2. The highest BCUT2D eigenvalue weighted by Crippen LogP contribution is 1.96. The molecule has 4 heteroatoms. The van der Waals surface area contributed by atoms with Crippen molar-refractivity contribution in [3.8, 4) is 0 Å². The summed E-state index contributed by atoms with van der Waals surface area (Å²) in [6.07, 6.45) is -1.01. The average molecular weight is 173 g/mol. The smallest absolute Gasteiger partial charge is 0.226 e. The molecule has 2 atom stereocenters. The molecule has 0 aliphatic rings. The van der Waals surface area contributed by atoms with Crippen molar-refractivity contribution >= 4 is 5.91 Å². The largest absolute Gasteiger partial charge is 0.374 e. The molecule has 0 aromatic rings. The van der Waals surface area contributed by atoms with Gasteiger partial charge >= 0.3 is 0 Å². The van der Waals surface area contributed by atoms with Crippen LogP contribution >= 0.6 is 0 Å². The van der Waals surface area contributed by atoms with Gasteiger partial charge in [0.05, 0.1) is 0 Å². The molecule has 0 spiro atoms. The molecule has 12 heavy (non-hydrogen) atoms. The monoisotopic (exact) mass is 173 g/mol. The van der Waals surface area contributed by atoms with E-state index in [4.69, 9.17) is 5.11 Å². The van der Waals surface area contributed by atoms with Crippen molar-refractivity contribution in [2.75, 3.05) is 20.6 Å². The molecule has 0 fully saturated rings. The number of amides is 1. The fraction of sp³-hybridized carbons (Fsp3) is 0.750. The van der Waals surface area contributed by atoms with Gasteiger partial charge in [0.1, 0.15) is 6.23 Å². The summed E-state index contributed by atoms with van der Waals surface area (Å²) < 4.78 is 0. The summed E-state index contributed by atoms with van der Waals surface area (Å²) >= 11 is 0. The lowest BCUT2D eigenvalue weighted by Gasteiger charge is -2.17. The molecule has 0 aromatic carbocycles. The third kappa shape index (κ3) is 5.09. The third-order valence-electron chi connectivity index (χ3n) is 1.40. The van der Waals surface area contributed by atoms with Crippen LogP contribution in [0, 0.1) is 12.8 Å². The van der Waals surface area contributed by atoms with Gasteiger partial charge in [-0.25, -0.2) is 0 Å². The zero-order chi connectivity index (χ0) is 9.72. The lowest BCUT2D eigenvalue weighted by atomic mass is 10.1. The van der Waals surface area contributed by atoms with Crippen LogP contribution in [0.15, 0.2) is 0 Å². The molecular weight excluding hydrogens is 156 g/mol. The molecule has 0 aliphatic heterocycles. The van der Waals surface area contributed by atoms with E-state index in [2.05, 4.69) is 12.2 Å². The van der Waals surface area contributed by atoms with Gasteiger partial charge in [-0.1, -0.05) is 6.92 Å². The van der Waals surface area contributed by atoms with Gasteiger partial charge in [0.25, 0.3) is 0 Å². The van der Waals surface area contributed by atoms with Gasteiger partial charge in [-0.05, 0) is 21.0 Å². The fourth-order valence-electron chi connectivity index (χ4n) is 0.937. The standard InChI is InChI=1S/C8H17N2O2/c1-6(5-10(3)4)8(12)9-7(2)11/h6-7,11H,2,5H2,1,3-4H3,(H,9,12). The van der Waals surface area contributed by atoms with Crippen LogP contribution in [-0.4, -0.2) is 42.8 Å². The van der Waals surface area contributed by atoms with Gasteiger partial charge in [0.2, 0.25) is 5.91 Å². The Morgan fingerprint density at radius 1 is 1.67 bits per heavy atom. The molecule has 1 amide bonds. The second kappa shape index (κ2) is 5.11. The van der Waals surface area contributed by atoms with E-state index in [1.807, 2.05) is 19.0 Å². The second-order valence-electron chi connectivity index (χ2n) is 3.19. The Labute approximate surface area is 73.6 Å². The van der Waals surface area contributed by atoms with Crippen LogP contribution in [0.1, 0.15) is 6.92 Å². The number of carbonyl (C=O) groups excluding carboxylic acids is 1. The number of aliphatic hydroxyl groups is 1. The van der Waals surface area contributed by atoms with E-state index in [-0.39, 0.29) is 11.8 Å². The molecule has 0 bridgehead atoms. The van der Waals surface area contributed by atoms with Crippen LogP contribution in [0.2, 0.25) is 0 Å². The maximum absolute atomic E-state index is 11.2. The number of nitrogens with one attached hydrogen (secondary N) is 1. The van der Waals surface area contributed by atoms with Crippen LogP contribution < -0.4 is 5.32 Å². The van der Waals surface area contributed by atoms with Crippen molar-refractivity contribution in [2.24, 2.45) is 5.92 Å². The topological polar surface area (TPSA) is 52.6 Å². The minimum Gasteiger partial charge on any atom is -0.374 e. The zero-order valence-corrected chi connectivity index (χ0v) is 7.87. The number of rotatable bonds is 4. The first-order chi connectivity index (χ1) is 5.43. The molecule has 0 saturated carbocycles. The van der Waals surface area contributed by atoms with Crippen LogP contribution in [-0.2, 0) is 4.79 Å². The highest BCUT2D eigenvalue weighted by Gasteiger charge is 2.14. The van der Waals surface area contributed by atoms with Gasteiger partial charge < -0.3 is 15.3 Å². The van der Waals surface area contributed by atoms with Gasteiger partial charge in [0, 0.05) is 12.5 Å². The quantitative estimate of drug-likeness (QED) is 0.561. The fourth-order valence-corrected chi connectivity index (χ4v) is 0.937. The highest BCUT2D eigenvalue weighted by atomic mass is 16.3. The minimum atomic E-state index is -1.01. The van der Waals surface area contributed by atoms with Crippen molar-refractivity contribution in [3.05, 3.63) is 6.92 Å². The number of carbonyl (C=O) groups is 1. The maximum atomic E-state index is 11.2. The van der Waals surface area contributed by atoms with E-state index < -0.39 is 6.23 Å². The second-order valence-corrected chi connectivity index (χ2v) is 3.19. The van der Waals surface area contributed by atoms with E-state index in [9.17, 15) is 4.79 Å². The summed E-state index contributed by atoms with van der Waals surface area (Å²) in [4.78, 5) is 13.1. The Balaban J connectivity index is 3.77. The van der Waals surface area contributed by atoms with E-state index in [1.165, 1.54) is 0 Å². The summed E-state index contributed by atoms with van der Waals surface area (Å²) in [5.41, 5.74) is 0. The SMILES string of the molecule is [CH2]C(O)NC(=O)C(C)CN(C)C. The van der Waals surface area contributed by atoms with Crippen molar-refractivity contribution in [1.29, 1.82) is 0 Å². The van der Waals surface area contributed by atoms with Crippen LogP contribution in [0.5, 0.6) is 0 Å².